The Morgan fingerprint density at radius 3 is 2.76 bits per heavy atom. The van der Waals surface area contributed by atoms with Crippen molar-refractivity contribution in [2.75, 3.05) is 25.2 Å². The molecule has 0 saturated carbocycles. The van der Waals surface area contributed by atoms with E-state index in [9.17, 15) is 14.0 Å². The quantitative estimate of drug-likeness (QED) is 0.743. The number of carbonyl (C=O) groups is 2. The number of anilines is 1. The Morgan fingerprint density at radius 2 is 2.07 bits per heavy atom. The molecule has 1 N–H and O–H groups in total. The van der Waals surface area contributed by atoms with Gasteiger partial charge >= 0.3 is 0 Å². The minimum absolute atomic E-state index is 0.0622. The second kappa shape index (κ2) is 9.13. The van der Waals surface area contributed by atoms with Crippen LogP contribution in [0.3, 0.4) is 0 Å². The van der Waals surface area contributed by atoms with Crippen molar-refractivity contribution in [1.29, 1.82) is 0 Å². The Kier molecular flexibility index (Phi) is 6.59. The van der Waals surface area contributed by atoms with E-state index in [0.717, 1.165) is 5.56 Å². The van der Waals surface area contributed by atoms with Crippen LogP contribution < -0.4 is 19.7 Å². The van der Waals surface area contributed by atoms with Crippen molar-refractivity contribution in [3.63, 3.8) is 0 Å². The first kappa shape index (κ1) is 20.9. The highest BCUT2D eigenvalue weighted by Crippen LogP contribution is 2.30. The number of hydrogen-bond acceptors (Lipinski definition) is 4. The molecule has 0 spiro atoms. The molecule has 1 atom stereocenters. The Hall–Kier alpha value is -2.80. The molecule has 3 rings (SSSR count). The van der Waals surface area contributed by atoms with Crippen molar-refractivity contribution >= 4 is 29.1 Å². The van der Waals surface area contributed by atoms with Gasteiger partial charge in [-0.2, -0.15) is 0 Å². The summed E-state index contributed by atoms with van der Waals surface area (Å²) in [6.07, 6.45) is 0.0909. The molecule has 1 saturated heterocycles. The lowest BCUT2D eigenvalue weighted by atomic mass is 10.1. The molecule has 6 nitrogen and oxygen atoms in total. The largest absolute Gasteiger partial charge is 0.493 e. The number of halogens is 2. The predicted molar refractivity (Wildman–Crippen MR) is 108 cm³/mol. The van der Waals surface area contributed by atoms with Gasteiger partial charge in [0.25, 0.3) is 0 Å². The summed E-state index contributed by atoms with van der Waals surface area (Å²) in [6, 6.07) is 9.51. The van der Waals surface area contributed by atoms with Crippen molar-refractivity contribution in [3.8, 4) is 11.5 Å². The van der Waals surface area contributed by atoms with Crippen LogP contribution in [-0.4, -0.2) is 32.1 Å². The molecule has 1 fully saturated rings. The third-order valence-corrected chi connectivity index (χ3v) is 4.99. The van der Waals surface area contributed by atoms with Gasteiger partial charge in [-0.3, -0.25) is 9.59 Å². The molecule has 0 bridgehead atoms. The van der Waals surface area contributed by atoms with Gasteiger partial charge in [-0.25, -0.2) is 4.39 Å². The molecule has 1 aliphatic heterocycles. The fraction of sp³-hybridized carbons (Fsp3) is 0.333. The molecule has 8 heteroatoms. The van der Waals surface area contributed by atoms with Crippen LogP contribution in [0.2, 0.25) is 5.02 Å². The minimum Gasteiger partial charge on any atom is -0.493 e. The Balaban J connectivity index is 1.62. The molecule has 0 unspecified atom stereocenters. The summed E-state index contributed by atoms with van der Waals surface area (Å²) in [5.74, 6) is -0.231. The molecule has 2 aromatic carbocycles. The number of rotatable bonds is 7. The van der Waals surface area contributed by atoms with Crippen molar-refractivity contribution in [2.45, 2.75) is 19.9 Å². The third kappa shape index (κ3) is 4.79. The average Bonchev–Trinajstić information content (AvgIpc) is 3.10. The normalized spacial score (nSPS) is 16.1. The monoisotopic (exact) mass is 420 g/mol. The zero-order valence-corrected chi connectivity index (χ0v) is 17.0. The Labute approximate surface area is 173 Å². The van der Waals surface area contributed by atoms with Crippen molar-refractivity contribution in [2.24, 2.45) is 5.92 Å². The lowest BCUT2D eigenvalue weighted by Crippen LogP contribution is -2.32. The lowest BCUT2D eigenvalue weighted by molar-refractivity contribution is -0.126. The summed E-state index contributed by atoms with van der Waals surface area (Å²) in [5.41, 5.74) is 1.34. The average molecular weight is 421 g/mol. The van der Waals surface area contributed by atoms with Gasteiger partial charge in [0.15, 0.2) is 11.5 Å². The molecule has 154 valence electrons. The highest BCUT2D eigenvalue weighted by Gasteiger charge is 2.35. The molecule has 0 aromatic heterocycles. The summed E-state index contributed by atoms with van der Waals surface area (Å²) >= 11 is 5.80. The second-order valence-electron chi connectivity index (χ2n) is 6.64. The van der Waals surface area contributed by atoms with Gasteiger partial charge in [-0.15, -0.1) is 0 Å². The van der Waals surface area contributed by atoms with E-state index < -0.39 is 11.7 Å². The highest BCUT2D eigenvalue weighted by molar-refractivity contribution is 6.31. The number of carbonyl (C=O) groups excluding carboxylic acids is 2. The zero-order valence-electron chi connectivity index (χ0n) is 16.2. The molecular formula is C21H22ClFN2O4. The van der Waals surface area contributed by atoms with Crippen LogP contribution >= 0.6 is 11.6 Å². The molecule has 1 aliphatic rings. The van der Waals surface area contributed by atoms with Crippen LogP contribution in [0, 0.1) is 11.7 Å². The molecule has 29 heavy (non-hydrogen) atoms. The summed E-state index contributed by atoms with van der Waals surface area (Å²) in [5, 5.41) is 2.80. The number of hydrogen-bond donors (Lipinski definition) is 1. The Morgan fingerprint density at radius 1 is 1.28 bits per heavy atom. The van der Waals surface area contributed by atoms with E-state index in [0.29, 0.717) is 30.3 Å². The molecule has 0 radical (unpaired) electrons. The summed E-state index contributed by atoms with van der Waals surface area (Å²) < 4.78 is 24.2. The van der Waals surface area contributed by atoms with Gasteiger partial charge in [0.05, 0.1) is 24.7 Å². The van der Waals surface area contributed by atoms with Crippen LogP contribution in [-0.2, 0) is 16.1 Å². The Bertz CT molecular complexity index is 922. The summed E-state index contributed by atoms with van der Waals surface area (Å²) in [6.45, 7) is 2.90. The van der Waals surface area contributed by atoms with Gasteiger partial charge in [0.1, 0.15) is 5.82 Å². The minimum atomic E-state index is -0.553. The number of methoxy groups -OCH3 is 1. The maximum absolute atomic E-state index is 13.4. The number of benzene rings is 2. The first-order valence-electron chi connectivity index (χ1n) is 9.25. The summed E-state index contributed by atoms with van der Waals surface area (Å²) in [4.78, 5) is 26.3. The summed E-state index contributed by atoms with van der Waals surface area (Å²) in [7, 11) is 1.57. The molecule has 2 amide bonds. The molecule has 0 aliphatic carbocycles. The van der Waals surface area contributed by atoms with E-state index in [4.69, 9.17) is 21.1 Å². The smallest absolute Gasteiger partial charge is 0.227 e. The SMILES string of the molecule is CCOc1cc(CNC(=O)[C@@H]2CC(=O)N(c3ccc(F)c(Cl)c3)C2)ccc1OC. The standard InChI is InChI=1S/C21H22ClFN2O4/c1-3-29-19-8-13(4-7-18(19)28-2)11-24-21(27)14-9-20(26)25(12-14)15-5-6-17(23)16(22)10-15/h4-8,10,14H,3,9,11-12H2,1-2H3,(H,24,27)/t14-/m1/s1. The van der Waals surface area contributed by atoms with Crippen LogP contribution in [0.25, 0.3) is 0 Å². The van der Waals surface area contributed by atoms with E-state index in [-0.39, 0.29) is 29.8 Å². The topological polar surface area (TPSA) is 67.9 Å². The lowest BCUT2D eigenvalue weighted by Gasteiger charge is -2.17. The van der Waals surface area contributed by atoms with E-state index in [1.54, 1.807) is 13.2 Å². The van der Waals surface area contributed by atoms with Gasteiger partial charge in [0, 0.05) is 25.2 Å². The first-order valence-corrected chi connectivity index (χ1v) is 9.63. The zero-order chi connectivity index (χ0) is 21.0. The van der Waals surface area contributed by atoms with E-state index in [1.165, 1.54) is 23.1 Å². The van der Waals surface area contributed by atoms with Crippen molar-refractivity contribution in [1.82, 2.24) is 5.32 Å². The number of amides is 2. The number of ether oxygens (including phenoxy) is 2. The van der Waals surface area contributed by atoms with Gasteiger partial charge in [0.2, 0.25) is 11.8 Å². The fourth-order valence-corrected chi connectivity index (χ4v) is 3.39. The van der Waals surface area contributed by atoms with Crippen molar-refractivity contribution < 1.29 is 23.5 Å². The predicted octanol–water partition coefficient (Wildman–Crippen LogP) is 3.56. The van der Waals surface area contributed by atoms with Crippen LogP contribution in [0.5, 0.6) is 11.5 Å². The maximum Gasteiger partial charge on any atom is 0.227 e. The van der Waals surface area contributed by atoms with Crippen LogP contribution in [0.4, 0.5) is 10.1 Å². The number of nitrogens with one attached hydrogen (secondary N) is 1. The van der Waals surface area contributed by atoms with E-state index in [2.05, 4.69) is 5.32 Å². The number of nitrogens with zero attached hydrogens (tertiary/aromatic N) is 1. The maximum atomic E-state index is 13.4. The molecule has 2 aromatic rings. The van der Waals surface area contributed by atoms with E-state index >= 15 is 0 Å². The van der Waals surface area contributed by atoms with Crippen LogP contribution in [0.15, 0.2) is 36.4 Å². The highest BCUT2D eigenvalue weighted by atomic mass is 35.5. The van der Waals surface area contributed by atoms with Gasteiger partial charge in [-0.05, 0) is 42.8 Å². The van der Waals surface area contributed by atoms with Crippen molar-refractivity contribution in [3.05, 3.63) is 52.8 Å². The van der Waals surface area contributed by atoms with E-state index in [1.807, 2.05) is 19.1 Å². The van der Waals surface area contributed by atoms with Crippen LogP contribution in [0.1, 0.15) is 18.9 Å². The first-order chi connectivity index (χ1) is 13.9. The molecule has 1 heterocycles. The second-order valence-corrected chi connectivity index (χ2v) is 7.05. The van der Waals surface area contributed by atoms with Gasteiger partial charge in [-0.1, -0.05) is 17.7 Å². The molecular weight excluding hydrogens is 399 g/mol. The third-order valence-electron chi connectivity index (χ3n) is 4.71. The fourth-order valence-electron chi connectivity index (χ4n) is 3.22. The van der Waals surface area contributed by atoms with Gasteiger partial charge < -0.3 is 19.7 Å².